The van der Waals surface area contributed by atoms with Crippen LogP contribution < -0.4 is 15.2 Å². The van der Waals surface area contributed by atoms with E-state index >= 15 is 0 Å². The summed E-state index contributed by atoms with van der Waals surface area (Å²) in [4.78, 5) is 10.6. The highest BCUT2D eigenvalue weighted by Crippen LogP contribution is 2.17. The summed E-state index contributed by atoms with van der Waals surface area (Å²) in [6.07, 6.45) is 22.9. The van der Waals surface area contributed by atoms with Gasteiger partial charge in [0, 0.05) is 6.42 Å². The number of carbonyl (C=O) groups excluding carboxylic acids is 1. The Morgan fingerprint density at radius 3 is 1.60 bits per heavy atom. The van der Waals surface area contributed by atoms with Gasteiger partial charge in [0.1, 0.15) is 24.2 Å². The first kappa shape index (κ1) is 35.5. The van der Waals surface area contributed by atoms with Gasteiger partial charge >= 0.3 is 0 Å². The van der Waals surface area contributed by atoms with E-state index < -0.39 is 0 Å². The Kier molecular flexibility index (Phi) is 22.6. The molecule has 4 heteroatoms. The zero-order valence-corrected chi connectivity index (χ0v) is 26.0. The summed E-state index contributed by atoms with van der Waals surface area (Å²) >= 11 is 0. The molecule has 0 aliphatic rings. The van der Waals surface area contributed by atoms with Gasteiger partial charge in [-0.05, 0) is 49.1 Å². The molecule has 0 bridgehead atoms. The van der Waals surface area contributed by atoms with Crippen LogP contribution in [-0.4, -0.2) is 18.6 Å². The lowest BCUT2D eigenvalue weighted by molar-refractivity contribution is -0.118. The molecule has 226 valence electrons. The van der Waals surface area contributed by atoms with Gasteiger partial charge in [-0.2, -0.15) is 0 Å². The average molecular weight is 554 g/mol. The van der Waals surface area contributed by atoms with Gasteiger partial charge in [-0.15, -0.1) is 0 Å². The van der Waals surface area contributed by atoms with Crippen LogP contribution in [0.15, 0.2) is 54.6 Å². The maximum Gasteiger partial charge on any atom is 0.217 e. The Morgan fingerprint density at radius 2 is 1.15 bits per heavy atom. The standard InChI is InChI=1S/C18H37NO.C18H22O2/c1-2-3-4-5-6-7-8-9-10-11-12-13-14-15-16-17-18(19)20;1-3-15-10-12-17(13-11-15)19-14-16(4-2)20-18-8-6-5-7-9-18/h2-17H2,1H3,(H2,19,20);5-13,16H,3-4,14H2,1-2H3. The van der Waals surface area contributed by atoms with Gasteiger partial charge in [-0.25, -0.2) is 0 Å². The summed E-state index contributed by atoms with van der Waals surface area (Å²) < 4.78 is 11.7. The fourth-order valence-electron chi connectivity index (χ4n) is 4.61. The molecule has 2 N–H and O–H groups in total. The van der Waals surface area contributed by atoms with Crippen molar-refractivity contribution in [2.45, 2.75) is 142 Å². The molecule has 1 atom stereocenters. The Balaban J connectivity index is 0.000000400. The highest BCUT2D eigenvalue weighted by atomic mass is 16.5. The van der Waals surface area contributed by atoms with E-state index in [4.69, 9.17) is 15.2 Å². The van der Waals surface area contributed by atoms with Gasteiger partial charge in [0.05, 0.1) is 0 Å². The van der Waals surface area contributed by atoms with Crippen LogP contribution in [0, 0.1) is 0 Å². The van der Waals surface area contributed by atoms with Crippen molar-refractivity contribution in [3.8, 4) is 11.5 Å². The van der Waals surface area contributed by atoms with Crippen LogP contribution in [0.2, 0.25) is 0 Å². The minimum atomic E-state index is -0.153. The van der Waals surface area contributed by atoms with Crippen molar-refractivity contribution < 1.29 is 14.3 Å². The van der Waals surface area contributed by atoms with E-state index in [9.17, 15) is 4.79 Å². The number of amides is 1. The molecular formula is C36H59NO3. The summed E-state index contributed by atoms with van der Waals surface area (Å²) in [7, 11) is 0. The lowest BCUT2D eigenvalue weighted by Crippen LogP contribution is -2.23. The summed E-state index contributed by atoms with van der Waals surface area (Å²) in [5.74, 6) is 1.64. The quantitative estimate of drug-likeness (QED) is 0.139. The number of rotatable bonds is 23. The van der Waals surface area contributed by atoms with Crippen molar-refractivity contribution >= 4 is 5.91 Å². The molecular weight excluding hydrogens is 494 g/mol. The van der Waals surface area contributed by atoms with E-state index in [0.29, 0.717) is 13.0 Å². The number of hydrogen-bond acceptors (Lipinski definition) is 3. The van der Waals surface area contributed by atoms with E-state index in [1.54, 1.807) is 0 Å². The van der Waals surface area contributed by atoms with Crippen molar-refractivity contribution in [3.63, 3.8) is 0 Å². The first-order valence-electron chi connectivity index (χ1n) is 16.3. The molecule has 0 fully saturated rings. The highest BCUT2D eigenvalue weighted by molar-refractivity contribution is 5.73. The zero-order chi connectivity index (χ0) is 29.1. The van der Waals surface area contributed by atoms with Crippen LogP contribution in [0.5, 0.6) is 11.5 Å². The van der Waals surface area contributed by atoms with Crippen molar-refractivity contribution in [3.05, 3.63) is 60.2 Å². The lowest BCUT2D eigenvalue weighted by Gasteiger charge is -2.18. The van der Waals surface area contributed by atoms with Gasteiger partial charge < -0.3 is 15.2 Å². The summed E-state index contributed by atoms with van der Waals surface area (Å²) in [6, 6.07) is 18.1. The molecule has 40 heavy (non-hydrogen) atoms. The number of carbonyl (C=O) groups is 1. The molecule has 0 radical (unpaired) electrons. The average Bonchev–Trinajstić information content (AvgIpc) is 2.98. The Hall–Kier alpha value is -2.49. The van der Waals surface area contributed by atoms with Crippen LogP contribution in [0.1, 0.15) is 135 Å². The second-order valence-electron chi connectivity index (χ2n) is 10.9. The first-order chi connectivity index (χ1) is 19.6. The summed E-state index contributed by atoms with van der Waals surface area (Å²) in [5, 5.41) is 0. The van der Waals surface area contributed by atoms with Crippen molar-refractivity contribution in [1.82, 2.24) is 0 Å². The third kappa shape index (κ3) is 20.4. The van der Waals surface area contributed by atoms with Gasteiger partial charge in [0.2, 0.25) is 5.91 Å². The molecule has 1 amide bonds. The molecule has 0 heterocycles. The van der Waals surface area contributed by atoms with E-state index in [1.807, 2.05) is 42.5 Å². The van der Waals surface area contributed by atoms with Gasteiger partial charge in [-0.3, -0.25) is 4.79 Å². The van der Waals surface area contributed by atoms with Crippen molar-refractivity contribution in [1.29, 1.82) is 0 Å². The number of hydrogen-bond donors (Lipinski definition) is 1. The van der Waals surface area contributed by atoms with Gasteiger partial charge in [0.25, 0.3) is 0 Å². The molecule has 0 spiro atoms. The molecule has 2 aromatic carbocycles. The number of para-hydroxylation sites is 1. The van der Waals surface area contributed by atoms with Crippen LogP contribution in [0.3, 0.4) is 0 Å². The van der Waals surface area contributed by atoms with Crippen LogP contribution >= 0.6 is 0 Å². The molecule has 4 nitrogen and oxygen atoms in total. The normalized spacial score (nSPS) is 11.4. The number of unbranched alkanes of at least 4 members (excludes halogenated alkanes) is 14. The third-order valence-corrected chi connectivity index (χ3v) is 7.30. The topological polar surface area (TPSA) is 61.6 Å². The Labute approximate surface area is 246 Å². The predicted octanol–water partition coefficient (Wildman–Crippen LogP) is 10.2. The number of aryl methyl sites for hydroxylation is 1. The Morgan fingerprint density at radius 1 is 0.650 bits per heavy atom. The maximum atomic E-state index is 10.6. The maximum absolute atomic E-state index is 10.6. The smallest absolute Gasteiger partial charge is 0.217 e. The van der Waals surface area contributed by atoms with E-state index in [1.165, 1.54) is 95.5 Å². The van der Waals surface area contributed by atoms with Gasteiger partial charge in [0.15, 0.2) is 0 Å². The molecule has 1 unspecified atom stereocenters. The monoisotopic (exact) mass is 553 g/mol. The minimum absolute atomic E-state index is 0.0725. The summed E-state index contributed by atoms with van der Waals surface area (Å²) in [5.41, 5.74) is 6.43. The third-order valence-electron chi connectivity index (χ3n) is 7.30. The van der Waals surface area contributed by atoms with E-state index in [0.717, 1.165) is 30.8 Å². The largest absolute Gasteiger partial charge is 0.490 e. The number of primary amides is 1. The second kappa shape index (κ2) is 25.5. The molecule has 0 aliphatic carbocycles. The molecule has 0 aromatic heterocycles. The van der Waals surface area contributed by atoms with E-state index in [-0.39, 0.29) is 12.0 Å². The van der Waals surface area contributed by atoms with E-state index in [2.05, 4.69) is 32.9 Å². The van der Waals surface area contributed by atoms with Crippen LogP contribution in [0.25, 0.3) is 0 Å². The SMILES string of the molecule is CCCCCCCCCCCCCCCCCC(N)=O.CCc1ccc(OCC(CC)Oc2ccccc2)cc1. The predicted molar refractivity (Wildman–Crippen MR) is 171 cm³/mol. The fraction of sp³-hybridized carbons (Fsp3) is 0.639. The highest BCUT2D eigenvalue weighted by Gasteiger charge is 2.09. The second-order valence-corrected chi connectivity index (χ2v) is 10.9. The van der Waals surface area contributed by atoms with Crippen molar-refractivity contribution in [2.75, 3.05) is 6.61 Å². The lowest BCUT2D eigenvalue weighted by atomic mass is 10.0. The van der Waals surface area contributed by atoms with Gasteiger partial charge in [-0.1, -0.05) is 141 Å². The number of ether oxygens (including phenoxy) is 2. The molecule has 0 saturated heterocycles. The summed E-state index contributed by atoms with van der Waals surface area (Å²) in [6.45, 7) is 7.10. The number of nitrogens with two attached hydrogens (primary N) is 1. The molecule has 2 aromatic rings. The zero-order valence-electron chi connectivity index (χ0n) is 26.0. The van der Waals surface area contributed by atoms with Crippen LogP contribution in [-0.2, 0) is 11.2 Å². The minimum Gasteiger partial charge on any atom is -0.490 e. The first-order valence-corrected chi connectivity index (χ1v) is 16.3. The Bertz CT molecular complexity index is 822. The fourth-order valence-corrected chi connectivity index (χ4v) is 4.61. The molecule has 2 rings (SSSR count). The van der Waals surface area contributed by atoms with Crippen molar-refractivity contribution in [2.24, 2.45) is 5.73 Å². The molecule has 0 aliphatic heterocycles. The molecule has 0 saturated carbocycles. The van der Waals surface area contributed by atoms with Crippen LogP contribution in [0.4, 0.5) is 0 Å². The number of benzene rings is 2.